The first-order valence-electron chi connectivity index (χ1n) is 12.3. The maximum absolute atomic E-state index is 15.4. The molecule has 0 unspecified atom stereocenters. The van der Waals surface area contributed by atoms with Gasteiger partial charge >= 0.3 is 5.97 Å². The SMILES string of the molecule is COc1ccc2nccc([C@@H](F)CC[C@@H]3CCN(CCSc4ccccc4OC)C[C@@H]3C(=O)O)c2c1. The third kappa shape index (κ3) is 6.28. The number of pyridine rings is 1. The number of piperidine rings is 1. The van der Waals surface area contributed by atoms with E-state index in [2.05, 4.69) is 9.88 Å². The van der Waals surface area contributed by atoms with E-state index in [9.17, 15) is 9.90 Å². The predicted octanol–water partition coefficient (Wildman–Crippen LogP) is 5.86. The zero-order chi connectivity index (χ0) is 25.5. The summed E-state index contributed by atoms with van der Waals surface area (Å²) in [5.41, 5.74) is 1.30. The summed E-state index contributed by atoms with van der Waals surface area (Å²) in [7, 11) is 3.25. The monoisotopic (exact) mass is 512 g/mol. The minimum atomic E-state index is -1.19. The van der Waals surface area contributed by atoms with Crippen LogP contribution < -0.4 is 9.47 Å². The van der Waals surface area contributed by atoms with E-state index < -0.39 is 18.1 Å². The van der Waals surface area contributed by atoms with E-state index in [0.717, 1.165) is 46.8 Å². The van der Waals surface area contributed by atoms with Crippen LogP contribution in [0.2, 0.25) is 0 Å². The van der Waals surface area contributed by atoms with E-state index in [-0.39, 0.29) is 12.3 Å². The Kier molecular flexibility index (Phi) is 9.04. The summed E-state index contributed by atoms with van der Waals surface area (Å²) in [5.74, 6) is 1.04. The van der Waals surface area contributed by atoms with Gasteiger partial charge in [0.1, 0.15) is 17.7 Å². The van der Waals surface area contributed by atoms with Gasteiger partial charge in [-0.05, 0) is 73.7 Å². The molecule has 1 aromatic heterocycles. The molecule has 0 spiro atoms. The normalized spacial score (nSPS) is 19.2. The van der Waals surface area contributed by atoms with E-state index in [1.165, 1.54) is 0 Å². The number of ether oxygens (including phenoxy) is 2. The van der Waals surface area contributed by atoms with Gasteiger partial charge in [-0.1, -0.05) is 12.1 Å². The van der Waals surface area contributed by atoms with Crippen LogP contribution in [-0.2, 0) is 4.79 Å². The molecule has 2 aromatic carbocycles. The summed E-state index contributed by atoms with van der Waals surface area (Å²) >= 11 is 1.71. The molecule has 3 atom stereocenters. The van der Waals surface area contributed by atoms with Crippen LogP contribution in [0.4, 0.5) is 4.39 Å². The number of aliphatic carboxylic acids is 1. The number of benzene rings is 2. The summed E-state index contributed by atoms with van der Waals surface area (Å²) < 4.78 is 26.1. The third-order valence-corrected chi connectivity index (χ3v) is 8.04. The number of methoxy groups -OCH3 is 2. The van der Waals surface area contributed by atoms with Gasteiger partial charge in [0.05, 0.1) is 25.7 Å². The van der Waals surface area contributed by atoms with Crippen LogP contribution in [0.5, 0.6) is 11.5 Å². The van der Waals surface area contributed by atoms with Crippen molar-refractivity contribution in [3.8, 4) is 11.5 Å². The van der Waals surface area contributed by atoms with Crippen LogP contribution in [-0.4, -0.2) is 60.6 Å². The summed E-state index contributed by atoms with van der Waals surface area (Å²) in [5, 5.41) is 10.7. The van der Waals surface area contributed by atoms with Gasteiger partial charge in [0.15, 0.2) is 0 Å². The number of hydrogen-bond donors (Lipinski definition) is 1. The average molecular weight is 513 g/mol. The molecule has 6 nitrogen and oxygen atoms in total. The van der Waals surface area contributed by atoms with E-state index in [1.54, 1.807) is 38.2 Å². The highest BCUT2D eigenvalue weighted by Gasteiger charge is 2.34. The predicted molar refractivity (Wildman–Crippen MR) is 141 cm³/mol. The minimum Gasteiger partial charge on any atom is -0.497 e. The number of likely N-dealkylation sites (tertiary alicyclic amines) is 1. The van der Waals surface area contributed by atoms with E-state index >= 15 is 4.39 Å². The second kappa shape index (κ2) is 12.4. The number of aromatic nitrogens is 1. The molecule has 8 heteroatoms. The molecule has 0 radical (unpaired) electrons. The van der Waals surface area contributed by atoms with E-state index in [0.29, 0.717) is 24.3 Å². The Morgan fingerprint density at radius 1 is 1.22 bits per heavy atom. The quantitative estimate of drug-likeness (QED) is 0.323. The molecule has 1 aliphatic heterocycles. The second-order valence-corrected chi connectivity index (χ2v) is 10.3. The van der Waals surface area contributed by atoms with Gasteiger partial charge in [0.25, 0.3) is 0 Å². The molecular formula is C28H33FN2O4S. The molecule has 0 bridgehead atoms. The van der Waals surface area contributed by atoms with E-state index in [1.807, 2.05) is 42.5 Å². The third-order valence-electron chi connectivity index (χ3n) is 7.00. The first kappa shape index (κ1) is 26.2. The number of carboxylic acid groups (broad SMARTS) is 1. The lowest BCUT2D eigenvalue weighted by Crippen LogP contribution is -2.44. The Balaban J connectivity index is 1.33. The number of hydrogen-bond acceptors (Lipinski definition) is 6. The van der Waals surface area contributed by atoms with Crippen molar-refractivity contribution in [3.05, 3.63) is 60.3 Å². The minimum absolute atomic E-state index is 0.0403. The van der Waals surface area contributed by atoms with Crippen LogP contribution in [0, 0.1) is 11.8 Å². The van der Waals surface area contributed by atoms with Crippen LogP contribution in [0.25, 0.3) is 10.9 Å². The molecule has 0 aliphatic carbocycles. The number of rotatable bonds is 11. The summed E-state index contributed by atoms with van der Waals surface area (Å²) in [6.07, 6.45) is 2.02. The highest BCUT2D eigenvalue weighted by atomic mass is 32.2. The Morgan fingerprint density at radius 2 is 2.06 bits per heavy atom. The number of fused-ring (bicyclic) bond motifs is 1. The molecule has 0 saturated carbocycles. The molecule has 4 rings (SSSR count). The molecule has 3 aromatic rings. The Labute approximate surface area is 215 Å². The van der Waals surface area contributed by atoms with Gasteiger partial charge in [0, 0.05) is 35.3 Å². The fourth-order valence-electron chi connectivity index (χ4n) is 4.98. The maximum atomic E-state index is 15.4. The maximum Gasteiger partial charge on any atom is 0.308 e. The molecular weight excluding hydrogens is 479 g/mol. The number of alkyl halides is 1. The first-order chi connectivity index (χ1) is 17.5. The number of thioether (sulfide) groups is 1. The lowest BCUT2D eigenvalue weighted by Gasteiger charge is -2.36. The molecule has 1 N–H and O–H groups in total. The topological polar surface area (TPSA) is 71.9 Å². The number of nitrogens with zero attached hydrogens (tertiary/aromatic N) is 2. The molecule has 2 heterocycles. The van der Waals surface area contributed by atoms with Crippen LogP contribution in [0.15, 0.2) is 59.6 Å². The van der Waals surface area contributed by atoms with Crippen LogP contribution >= 0.6 is 11.8 Å². The standard InChI is InChI=1S/C28H33FN2O4S/c1-34-20-8-10-25-22(17-20)21(11-13-30-25)24(29)9-7-19-12-14-31(18-23(19)28(32)33)15-16-36-27-6-4-3-5-26(27)35-2/h3-6,8,10-11,13,17,19,23-24H,7,9,12,14-16,18H2,1-2H3,(H,32,33)/t19-,23+,24+/m1/s1. The largest absolute Gasteiger partial charge is 0.497 e. The van der Waals surface area contributed by atoms with Gasteiger partial charge in [-0.15, -0.1) is 11.8 Å². The molecule has 36 heavy (non-hydrogen) atoms. The highest BCUT2D eigenvalue weighted by molar-refractivity contribution is 7.99. The van der Waals surface area contributed by atoms with Gasteiger partial charge in [-0.3, -0.25) is 9.78 Å². The fourth-order valence-corrected chi connectivity index (χ4v) is 6.02. The van der Waals surface area contributed by atoms with Gasteiger partial charge in [-0.2, -0.15) is 0 Å². The van der Waals surface area contributed by atoms with Crippen molar-refractivity contribution < 1.29 is 23.8 Å². The molecule has 192 valence electrons. The highest BCUT2D eigenvalue weighted by Crippen LogP contribution is 2.36. The number of halogens is 1. The zero-order valence-electron chi connectivity index (χ0n) is 20.7. The van der Waals surface area contributed by atoms with Crippen molar-refractivity contribution in [3.63, 3.8) is 0 Å². The average Bonchev–Trinajstić information content (AvgIpc) is 2.91. The molecule has 1 saturated heterocycles. The van der Waals surface area contributed by atoms with Crippen molar-refractivity contribution in [2.24, 2.45) is 11.8 Å². The first-order valence-corrected chi connectivity index (χ1v) is 13.3. The molecule has 0 amide bonds. The molecule has 1 aliphatic rings. The van der Waals surface area contributed by atoms with Crippen LogP contribution in [0.1, 0.15) is 31.0 Å². The number of para-hydroxylation sites is 1. The van der Waals surface area contributed by atoms with Crippen LogP contribution in [0.3, 0.4) is 0 Å². The van der Waals surface area contributed by atoms with Gasteiger partial charge in [0.2, 0.25) is 0 Å². The summed E-state index contributed by atoms with van der Waals surface area (Å²) in [6, 6.07) is 15.1. The summed E-state index contributed by atoms with van der Waals surface area (Å²) in [4.78, 5) is 19.7. The van der Waals surface area contributed by atoms with Crippen molar-refractivity contribution in [1.82, 2.24) is 9.88 Å². The second-order valence-electron chi connectivity index (χ2n) is 9.12. The summed E-state index contributed by atoms with van der Waals surface area (Å²) in [6.45, 7) is 2.13. The van der Waals surface area contributed by atoms with Crippen molar-refractivity contribution >= 4 is 28.6 Å². The molecule has 1 fully saturated rings. The van der Waals surface area contributed by atoms with Crippen molar-refractivity contribution in [2.75, 3.05) is 39.6 Å². The number of carboxylic acids is 1. The Morgan fingerprint density at radius 3 is 2.83 bits per heavy atom. The Bertz CT molecular complexity index is 1180. The van der Waals surface area contributed by atoms with Crippen molar-refractivity contribution in [2.45, 2.75) is 30.3 Å². The van der Waals surface area contributed by atoms with Crippen molar-refractivity contribution in [1.29, 1.82) is 0 Å². The van der Waals surface area contributed by atoms with Gasteiger partial charge in [-0.25, -0.2) is 4.39 Å². The van der Waals surface area contributed by atoms with Gasteiger partial charge < -0.3 is 19.5 Å². The smallest absolute Gasteiger partial charge is 0.308 e. The zero-order valence-corrected chi connectivity index (χ0v) is 21.5. The lowest BCUT2D eigenvalue weighted by molar-refractivity contribution is -0.146. The Hall–Kier alpha value is -2.84. The lowest BCUT2D eigenvalue weighted by atomic mass is 9.81. The number of carbonyl (C=O) groups is 1. The van der Waals surface area contributed by atoms with E-state index in [4.69, 9.17) is 9.47 Å². The fraction of sp³-hybridized carbons (Fsp3) is 0.429.